The number of hydrogen-bond donors (Lipinski definition) is 0. The fraction of sp³-hybridized carbons (Fsp3) is 0.274. The molecule has 0 radical (unpaired) electrons. The topological polar surface area (TPSA) is 178 Å². The van der Waals surface area contributed by atoms with E-state index >= 15 is 0 Å². The molecule has 0 heterocycles. The first-order chi connectivity index (χ1) is 70.4. The second-order valence-corrected chi connectivity index (χ2v) is 60.4. The molecule has 0 aliphatic rings. The quantitative estimate of drug-likeness (QED) is 0.00543. The van der Waals surface area contributed by atoms with Gasteiger partial charge in [-0.15, -0.1) is 47.3 Å². The molecule has 0 amide bonds. The third kappa shape index (κ3) is 51.7. The number of benzene rings is 12. The van der Waals surface area contributed by atoms with Crippen molar-refractivity contribution in [1.29, 1.82) is 0 Å². The molecular formula is C113H129BBr4Cl6F6O15P2Ti. The minimum absolute atomic E-state index is 0. The molecule has 148 heavy (non-hydrogen) atoms. The first kappa shape index (κ1) is 137. The van der Waals surface area contributed by atoms with E-state index in [1.807, 2.05) is 94.4 Å². The van der Waals surface area contributed by atoms with E-state index in [0.29, 0.717) is 61.3 Å². The molecular weight excluding hydrogens is 2360 g/mol. The molecule has 0 unspecified atom stereocenters. The van der Waals surface area contributed by atoms with E-state index in [-0.39, 0.29) is 84.7 Å². The fourth-order valence-electron chi connectivity index (χ4n) is 14.0. The van der Waals surface area contributed by atoms with Crippen molar-refractivity contribution in [2.75, 3.05) is 75.8 Å². The van der Waals surface area contributed by atoms with Gasteiger partial charge in [-0.3, -0.25) is 14.4 Å². The maximum absolute atomic E-state index is 13.7. The number of halogens is 16. The molecule has 0 bridgehead atoms. The number of methoxy groups -OCH3 is 7. The van der Waals surface area contributed by atoms with Crippen molar-refractivity contribution in [1.82, 2.24) is 0 Å². The van der Waals surface area contributed by atoms with Crippen LogP contribution in [0.25, 0.3) is 12.2 Å². The molecule has 12 rings (SSSR count). The predicted octanol–water partition coefficient (Wildman–Crippen LogP) is 27.2. The Bertz CT molecular complexity index is 5730. The number of allylic oxidation sites excluding steroid dienone is 1. The van der Waals surface area contributed by atoms with E-state index in [1.54, 1.807) is 68.2 Å². The van der Waals surface area contributed by atoms with Crippen LogP contribution in [-0.4, -0.2) is 120 Å². The number of esters is 3. The molecule has 0 fully saturated rings. The number of aryl methyl sites for hydroxylation is 5. The summed E-state index contributed by atoms with van der Waals surface area (Å²) in [6.07, 6.45) is 17.1. The zero-order chi connectivity index (χ0) is 110. The number of carbonyl (C=O) groups excluding carboxylic acids is 5. The zero-order valence-electron chi connectivity index (χ0n) is 85.6. The van der Waals surface area contributed by atoms with Crippen molar-refractivity contribution in [3.8, 4) is 34.5 Å². The Balaban J connectivity index is 0.000000839. The number of alkyl halides is 2. The third-order valence-corrected chi connectivity index (χ3v) is 29.3. The van der Waals surface area contributed by atoms with Gasteiger partial charge in [0.15, 0.2) is 69.4 Å². The second kappa shape index (κ2) is 79.4. The van der Waals surface area contributed by atoms with Gasteiger partial charge in [0, 0.05) is 36.5 Å². The third-order valence-electron chi connectivity index (χ3n) is 20.5. The summed E-state index contributed by atoms with van der Waals surface area (Å²) < 4.78 is 128. The van der Waals surface area contributed by atoms with Crippen LogP contribution >= 0.6 is 122 Å². The van der Waals surface area contributed by atoms with Crippen molar-refractivity contribution < 1.29 is 127 Å². The van der Waals surface area contributed by atoms with Gasteiger partial charge < -0.3 is 64.4 Å². The average molecular weight is 2490 g/mol. The van der Waals surface area contributed by atoms with Crippen LogP contribution in [0.5, 0.6) is 34.5 Å². The monoisotopic (exact) mass is 2490 g/mol. The molecule has 0 atom stereocenters. The summed E-state index contributed by atoms with van der Waals surface area (Å²) in [6, 6.07) is 86.5. The van der Waals surface area contributed by atoms with Crippen LogP contribution in [0.1, 0.15) is 154 Å². The minimum atomic E-state index is -3.11. The van der Waals surface area contributed by atoms with Crippen molar-refractivity contribution >= 4 is 205 Å². The van der Waals surface area contributed by atoms with E-state index in [0.717, 1.165) is 107 Å². The van der Waals surface area contributed by atoms with Crippen molar-refractivity contribution in [2.45, 2.75) is 132 Å². The van der Waals surface area contributed by atoms with E-state index in [1.165, 1.54) is 120 Å². The predicted molar refractivity (Wildman–Crippen MR) is 612 cm³/mol. The Kier molecular flexibility index (Phi) is 73.7. The van der Waals surface area contributed by atoms with E-state index in [2.05, 4.69) is 205 Å². The molecule has 0 aliphatic heterocycles. The summed E-state index contributed by atoms with van der Waals surface area (Å²) in [6.45, 7) is 16.6. The van der Waals surface area contributed by atoms with Gasteiger partial charge in [0.1, 0.15) is 35.7 Å². The van der Waals surface area contributed by atoms with Gasteiger partial charge in [-0.05, 0) is 250 Å². The van der Waals surface area contributed by atoms with Crippen LogP contribution in [0.3, 0.4) is 0 Å². The summed E-state index contributed by atoms with van der Waals surface area (Å²) in [5.41, 5.74) is 7.22. The number of carbonyl (C=O) groups is 5. The van der Waals surface area contributed by atoms with E-state index in [9.17, 15) is 50.3 Å². The van der Waals surface area contributed by atoms with Crippen molar-refractivity contribution in [3.05, 3.63) is 370 Å². The van der Waals surface area contributed by atoms with Gasteiger partial charge in [0.25, 0.3) is 0 Å². The van der Waals surface area contributed by atoms with Crippen LogP contribution in [0.15, 0.2) is 285 Å². The van der Waals surface area contributed by atoms with Gasteiger partial charge in [-0.1, -0.05) is 246 Å². The maximum atomic E-state index is 13.7. The van der Waals surface area contributed by atoms with Crippen LogP contribution in [0.4, 0.5) is 26.3 Å². The summed E-state index contributed by atoms with van der Waals surface area (Å²) in [4.78, 5) is 56.0. The van der Waals surface area contributed by atoms with E-state index in [4.69, 9.17) is 98.3 Å². The molecule has 35 heteroatoms. The van der Waals surface area contributed by atoms with Gasteiger partial charge in [-0.2, -0.15) is 0 Å². The molecule has 15 nitrogen and oxygen atoms in total. The summed E-state index contributed by atoms with van der Waals surface area (Å²) >= 11 is 16.2. The molecule has 0 saturated carbocycles. The van der Waals surface area contributed by atoms with Crippen LogP contribution in [0, 0.1) is 34.9 Å². The first-order valence-corrected chi connectivity index (χ1v) is 62.7. The van der Waals surface area contributed by atoms with Gasteiger partial charge in [0.2, 0.25) is 5.02 Å². The number of hydrogen-bond acceptors (Lipinski definition) is 15. The Labute approximate surface area is 935 Å². The molecule has 800 valence electrons. The molecule has 0 spiro atoms. The van der Waals surface area contributed by atoms with E-state index < -0.39 is 54.9 Å². The second-order valence-electron chi connectivity index (χ2n) is 30.4. The van der Waals surface area contributed by atoms with Gasteiger partial charge in [0.05, 0.1) is 68.6 Å². The van der Waals surface area contributed by atoms with Crippen molar-refractivity contribution in [3.63, 3.8) is 0 Å². The molecule has 0 saturated heterocycles. The normalized spacial score (nSPS) is 10.4. The first-order valence-electron chi connectivity index (χ1n) is 46.7. The Morgan fingerprint density at radius 2 is 0.703 bits per heavy atom. The molecule has 12 aromatic carbocycles. The van der Waals surface area contributed by atoms with Crippen LogP contribution in [0.2, 0.25) is 0 Å². The molecule has 0 N–H and O–H groups in total. The zero-order valence-corrected chi connectivity index (χ0v) is 99.9. The van der Waals surface area contributed by atoms with Crippen LogP contribution in [-0.2, 0) is 77.8 Å². The average Bonchev–Trinajstić information content (AvgIpc) is 0.753. The number of aldehydes is 2. The Hall–Kier alpha value is -8.62. The standard InChI is InChI=1S/C22H21O2P.C20H20P.C15H21FO3.C15H19FO3.C11H13FO2.C10H13FO.C10H11FO.C8H7FO2.C2H4Cl2O.BBr3.BrH.4ClH.Ti/c1-2-24-22(23)18-25(19-12-6-3-7-13-19,20-14-8-4-9-15-20)21-16-10-5-11-17-21;1-2-21(18-12-6-3-7-13-18,19-14-8-4-9-15-19)20-16-10-5-11-17-20;2*1-4-6-11-10-14(18-3)13(16)9-12(11)7-8-15(17)19-5-2;1-3-4-8-6-11(14-2)10(12)5-9(8)7-13;2*1-3-4-8-5-6-9(11)10(7-8)12-2;1-11-8-4-6(5-10)2-3-7(8)9;1-5-2(3)4;2-1(3)4;;;;;;/h3-18H,2H2,1H3;3-17H,2H2,1H3;9-10H,4-8H2,1-3H3;7-10H,4-6H2,1-3H3;5-7H,3-4H2,1-2H3;5-7H,3-4H2,1-2H3;3-7H,1-2H3;2-5H,1H3;2H,1H3;;5*1H;/q;+1;;;;;;;;;;;;;;+4/p-5/b;;;8-7+;;;4-3+;;;;;;;;;. The molecule has 0 aliphatic carbocycles. The summed E-state index contributed by atoms with van der Waals surface area (Å²) in [7, 11) is 28.5. The number of ether oxygens (including phenoxy) is 10. The summed E-state index contributed by atoms with van der Waals surface area (Å²) in [5, 5.41) is 7.14. The fourth-order valence-corrected chi connectivity index (χ4v) is 21.7. The number of rotatable bonds is 34. The Morgan fingerprint density at radius 1 is 0.385 bits per heavy atom. The van der Waals surface area contributed by atoms with Gasteiger partial charge in [-0.25, -0.2) is 35.9 Å². The Morgan fingerprint density at radius 3 is 1.05 bits per heavy atom. The van der Waals surface area contributed by atoms with Gasteiger partial charge >= 0.3 is 70.7 Å². The SMILES string of the molecule is BrB(Br)Br.C/C=C/c1ccc(F)c(OC)c1.CCCc1cc(OC)c(F)cc1/C=C/C(=O)OCC.CCCc1cc(OC)c(F)cc1C=O.CCCc1cc(OC)c(F)cc1CCC(=O)OCC.CCCc1ccc(F)c(OC)c1.CCOC(=O)C=P(c1ccccc1)(c1ccccc1)c1ccccc1.CC[P+](c1ccccc1)(c1ccccc1)c1ccccc1.COC(Cl)Cl.COc1cc(C=O)ccc1F.[Br-].[Cl][Ti]([Cl])([Cl])[Cl]. The van der Waals surface area contributed by atoms with Crippen molar-refractivity contribution in [2.24, 2.45) is 0 Å². The molecule has 0 aromatic heterocycles. The van der Waals surface area contributed by atoms with Crippen LogP contribution < -0.4 is 77.2 Å². The molecule has 12 aromatic rings. The summed E-state index contributed by atoms with van der Waals surface area (Å²) in [5.74, 6) is -0.172.